The van der Waals surface area contributed by atoms with Crippen molar-refractivity contribution in [2.75, 3.05) is 0 Å². The first-order valence-electron chi connectivity index (χ1n) is 5.65. The zero-order valence-corrected chi connectivity index (χ0v) is 11.8. The first kappa shape index (κ1) is 15.7. The molecule has 0 fully saturated rings. The number of hydrogen-bond donors (Lipinski definition) is 1. The maximum atomic E-state index is 12.1. The van der Waals surface area contributed by atoms with E-state index in [9.17, 15) is 13.5 Å². The molecule has 0 amide bonds. The molecule has 0 aromatic heterocycles. The molecule has 0 bridgehead atoms. The van der Waals surface area contributed by atoms with Crippen LogP contribution < -0.4 is 0 Å². The fourth-order valence-corrected chi connectivity index (χ4v) is 2.72. The van der Waals surface area contributed by atoms with E-state index in [0.717, 1.165) is 0 Å². The van der Waals surface area contributed by atoms with Crippen molar-refractivity contribution < 1.29 is 13.5 Å². The highest BCUT2D eigenvalue weighted by Crippen LogP contribution is 2.31. The largest absolute Gasteiger partial charge is 0.390 e. The lowest BCUT2D eigenvalue weighted by Crippen LogP contribution is -2.34. The molecule has 1 N–H and O–H groups in total. The molecule has 0 unspecified atom stereocenters. The Morgan fingerprint density at radius 1 is 1.19 bits per heavy atom. The lowest BCUT2D eigenvalue weighted by molar-refractivity contribution is 0.0343. The van der Waals surface area contributed by atoms with Gasteiger partial charge in [-0.05, 0) is 33.6 Å². The second-order valence-corrected chi connectivity index (χ2v) is 8.07. The van der Waals surface area contributed by atoms with Crippen LogP contribution in [0.15, 0.2) is 11.5 Å². The average Bonchev–Trinajstić information content (AvgIpc) is 2.15. The molecule has 0 heterocycles. The van der Waals surface area contributed by atoms with Crippen LogP contribution in [0.2, 0.25) is 0 Å². The summed E-state index contributed by atoms with van der Waals surface area (Å²) >= 11 is 0. The topological polar surface area (TPSA) is 54.4 Å². The standard InChI is InChI=1S/C12H24O3S/c1-7-12(13,8-2)9-10(3)16(14,15)11(4,5)6/h13H,3,7-9H2,1-2,4-6H3. The number of sulfone groups is 1. The summed E-state index contributed by atoms with van der Waals surface area (Å²) < 4.78 is 23.2. The maximum absolute atomic E-state index is 12.1. The van der Waals surface area contributed by atoms with Crippen molar-refractivity contribution >= 4 is 9.84 Å². The molecule has 0 saturated heterocycles. The van der Waals surface area contributed by atoms with Gasteiger partial charge < -0.3 is 5.11 Å². The van der Waals surface area contributed by atoms with Gasteiger partial charge in [0.15, 0.2) is 9.84 Å². The molecule has 0 aliphatic carbocycles. The molecule has 0 atom stereocenters. The van der Waals surface area contributed by atoms with Crippen LogP contribution in [0.1, 0.15) is 53.9 Å². The highest BCUT2D eigenvalue weighted by molar-refractivity contribution is 7.96. The van der Waals surface area contributed by atoms with Gasteiger partial charge in [0.05, 0.1) is 10.3 Å². The molecule has 0 saturated carbocycles. The number of hydrogen-bond acceptors (Lipinski definition) is 3. The van der Waals surface area contributed by atoms with Crippen LogP contribution in [0.4, 0.5) is 0 Å². The monoisotopic (exact) mass is 248 g/mol. The van der Waals surface area contributed by atoms with Gasteiger partial charge in [0.1, 0.15) is 0 Å². The second kappa shape index (κ2) is 4.88. The summed E-state index contributed by atoms with van der Waals surface area (Å²) in [7, 11) is -3.38. The Hall–Kier alpha value is -0.350. The predicted molar refractivity (Wildman–Crippen MR) is 68.0 cm³/mol. The third-order valence-electron chi connectivity index (χ3n) is 3.03. The zero-order valence-electron chi connectivity index (χ0n) is 11.0. The van der Waals surface area contributed by atoms with Gasteiger partial charge in [0.2, 0.25) is 0 Å². The molecular formula is C12H24O3S. The molecule has 0 rings (SSSR count). The summed E-state index contributed by atoms with van der Waals surface area (Å²) in [6.07, 6.45) is 1.18. The number of aliphatic hydroxyl groups is 1. The Bertz CT molecular complexity index is 343. The van der Waals surface area contributed by atoms with Crippen molar-refractivity contribution in [3.05, 3.63) is 11.5 Å². The summed E-state index contributed by atoms with van der Waals surface area (Å²) in [5, 5.41) is 10.1. The van der Waals surface area contributed by atoms with Gasteiger partial charge in [-0.15, -0.1) is 0 Å². The Balaban J connectivity index is 5.00. The summed E-state index contributed by atoms with van der Waals surface area (Å²) in [6, 6.07) is 0. The quantitative estimate of drug-likeness (QED) is 0.813. The van der Waals surface area contributed by atoms with E-state index >= 15 is 0 Å². The van der Waals surface area contributed by atoms with E-state index in [-0.39, 0.29) is 11.3 Å². The van der Waals surface area contributed by atoms with Crippen LogP contribution in [0.25, 0.3) is 0 Å². The molecule has 0 aromatic carbocycles. The lowest BCUT2D eigenvalue weighted by atomic mass is 9.94. The minimum atomic E-state index is -3.38. The summed E-state index contributed by atoms with van der Waals surface area (Å²) in [5.41, 5.74) is -0.949. The van der Waals surface area contributed by atoms with E-state index in [1.165, 1.54) is 0 Å². The van der Waals surface area contributed by atoms with Crippen LogP contribution in [0, 0.1) is 0 Å². The fraction of sp³-hybridized carbons (Fsp3) is 0.833. The Labute approximate surface area is 99.5 Å². The van der Waals surface area contributed by atoms with Crippen molar-refractivity contribution in [3.63, 3.8) is 0 Å². The minimum absolute atomic E-state index is 0.125. The van der Waals surface area contributed by atoms with Crippen LogP contribution >= 0.6 is 0 Å². The van der Waals surface area contributed by atoms with Crippen molar-refractivity contribution in [1.82, 2.24) is 0 Å². The predicted octanol–water partition coefficient (Wildman–Crippen LogP) is 2.65. The van der Waals surface area contributed by atoms with Gasteiger partial charge >= 0.3 is 0 Å². The lowest BCUT2D eigenvalue weighted by Gasteiger charge is -2.28. The van der Waals surface area contributed by atoms with Gasteiger partial charge in [-0.2, -0.15) is 0 Å². The molecule has 0 spiro atoms. The van der Waals surface area contributed by atoms with Crippen LogP contribution in [0.3, 0.4) is 0 Å². The van der Waals surface area contributed by atoms with E-state index in [2.05, 4.69) is 6.58 Å². The van der Waals surface area contributed by atoms with Gasteiger partial charge in [-0.1, -0.05) is 20.4 Å². The first-order valence-corrected chi connectivity index (χ1v) is 7.13. The molecule has 3 nitrogen and oxygen atoms in total. The third kappa shape index (κ3) is 3.32. The Morgan fingerprint density at radius 2 is 1.56 bits per heavy atom. The maximum Gasteiger partial charge on any atom is 0.178 e. The van der Waals surface area contributed by atoms with Gasteiger partial charge in [0, 0.05) is 11.3 Å². The molecule has 96 valence electrons. The van der Waals surface area contributed by atoms with Crippen LogP contribution in [0.5, 0.6) is 0 Å². The van der Waals surface area contributed by atoms with Crippen molar-refractivity contribution in [3.8, 4) is 0 Å². The van der Waals surface area contributed by atoms with E-state index in [1.54, 1.807) is 20.8 Å². The van der Waals surface area contributed by atoms with Gasteiger partial charge in [-0.25, -0.2) is 8.42 Å². The normalized spacial score (nSPS) is 13.9. The average molecular weight is 248 g/mol. The van der Waals surface area contributed by atoms with E-state index in [0.29, 0.717) is 12.8 Å². The number of rotatable bonds is 5. The Kier molecular flexibility index (Phi) is 4.77. The van der Waals surface area contributed by atoms with E-state index in [4.69, 9.17) is 0 Å². The van der Waals surface area contributed by atoms with Gasteiger partial charge in [0.25, 0.3) is 0 Å². The zero-order chi connectivity index (χ0) is 13.2. The second-order valence-electron chi connectivity index (χ2n) is 5.26. The van der Waals surface area contributed by atoms with Crippen molar-refractivity contribution in [1.29, 1.82) is 0 Å². The molecular weight excluding hydrogens is 224 g/mol. The summed E-state index contributed by atoms with van der Waals surface area (Å²) in [4.78, 5) is 0.131. The summed E-state index contributed by atoms with van der Waals surface area (Å²) in [5.74, 6) is 0. The smallest absolute Gasteiger partial charge is 0.178 e. The molecule has 0 aliphatic rings. The molecule has 0 radical (unpaired) electrons. The SMILES string of the molecule is C=C(CC(O)(CC)CC)S(=O)(=O)C(C)(C)C. The highest BCUT2D eigenvalue weighted by atomic mass is 32.2. The Morgan fingerprint density at radius 3 is 1.81 bits per heavy atom. The molecule has 4 heteroatoms. The minimum Gasteiger partial charge on any atom is -0.390 e. The van der Waals surface area contributed by atoms with Crippen LogP contribution in [-0.2, 0) is 9.84 Å². The molecule has 0 aliphatic heterocycles. The van der Waals surface area contributed by atoms with Crippen LogP contribution in [-0.4, -0.2) is 23.9 Å². The van der Waals surface area contributed by atoms with E-state index in [1.807, 2.05) is 13.8 Å². The van der Waals surface area contributed by atoms with Gasteiger partial charge in [-0.3, -0.25) is 0 Å². The summed E-state index contributed by atoms with van der Waals surface area (Å²) in [6.45, 7) is 12.3. The third-order valence-corrected chi connectivity index (χ3v) is 5.55. The van der Waals surface area contributed by atoms with Crippen molar-refractivity contribution in [2.24, 2.45) is 0 Å². The highest BCUT2D eigenvalue weighted by Gasteiger charge is 2.35. The molecule has 16 heavy (non-hydrogen) atoms. The fourth-order valence-electron chi connectivity index (χ4n) is 1.40. The van der Waals surface area contributed by atoms with E-state index < -0.39 is 20.2 Å². The van der Waals surface area contributed by atoms with Crippen molar-refractivity contribution in [2.45, 2.75) is 64.2 Å². The molecule has 0 aromatic rings. The first-order chi connectivity index (χ1) is 7.00.